The van der Waals surface area contributed by atoms with Crippen LogP contribution in [0, 0.1) is 11.8 Å². The zero-order valence-corrected chi connectivity index (χ0v) is 20.3. The second kappa shape index (κ2) is 9.96. The number of carbonyl (C=O) groups is 1. The number of carboxylic acids is 1. The number of halogens is 3. The average Bonchev–Trinajstić information content (AvgIpc) is 3.09. The molecule has 35 heavy (non-hydrogen) atoms. The molecule has 0 spiro atoms. The highest BCUT2D eigenvalue weighted by Gasteiger charge is 2.48. The summed E-state index contributed by atoms with van der Waals surface area (Å²) >= 11 is 0. The van der Waals surface area contributed by atoms with Gasteiger partial charge in [-0.15, -0.1) is 0 Å². The number of aliphatic carboxylic acids is 1. The van der Waals surface area contributed by atoms with Crippen LogP contribution < -0.4 is 9.75 Å². The molecule has 0 bridgehead atoms. The monoisotopic (exact) mass is 517 g/mol. The summed E-state index contributed by atoms with van der Waals surface area (Å²) in [6.45, 7) is 2.51. The van der Waals surface area contributed by atoms with Crippen molar-refractivity contribution in [3.63, 3.8) is 0 Å². The number of nitrogens with zero attached hydrogens (tertiary/aromatic N) is 3. The first kappa shape index (κ1) is 25.7. The van der Waals surface area contributed by atoms with Gasteiger partial charge in [0.25, 0.3) is 0 Å². The highest BCUT2D eigenvalue weighted by Crippen LogP contribution is 2.37. The molecule has 1 N–H and O–H groups in total. The maximum absolute atomic E-state index is 13.3. The maximum atomic E-state index is 13.3. The third kappa shape index (κ3) is 5.58. The van der Waals surface area contributed by atoms with Gasteiger partial charge in [0.1, 0.15) is 11.5 Å². The minimum Gasteiger partial charge on any atom is -0.493 e. The quantitative estimate of drug-likeness (QED) is 0.562. The van der Waals surface area contributed by atoms with Gasteiger partial charge in [0.05, 0.1) is 30.0 Å². The number of benzene rings is 1. The number of ether oxygens (including phenoxy) is 1. The summed E-state index contributed by atoms with van der Waals surface area (Å²) in [6.07, 6.45) is -0.672. The normalized spacial score (nSPS) is 24.8. The van der Waals surface area contributed by atoms with Gasteiger partial charge in [-0.3, -0.25) is 9.80 Å². The van der Waals surface area contributed by atoms with Crippen LogP contribution in [0.4, 0.5) is 18.9 Å². The molecule has 1 aliphatic carbocycles. The smallest absolute Gasteiger partial charge is 0.431 e. The van der Waals surface area contributed by atoms with Crippen LogP contribution in [0.5, 0.6) is 5.75 Å². The van der Waals surface area contributed by atoms with E-state index in [1.54, 1.807) is 24.3 Å². The Morgan fingerprint density at radius 2 is 1.77 bits per heavy atom. The van der Waals surface area contributed by atoms with E-state index in [9.17, 15) is 26.4 Å². The van der Waals surface area contributed by atoms with E-state index in [2.05, 4.69) is 5.10 Å². The first-order valence-electron chi connectivity index (χ1n) is 11.9. The molecule has 2 atom stereocenters. The van der Waals surface area contributed by atoms with Crippen LogP contribution in [-0.4, -0.2) is 66.7 Å². The van der Waals surface area contributed by atoms with Crippen LogP contribution in [-0.2, 0) is 14.8 Å². The van der Waals surface area contributed by atoms with E-state index in [-0.39, 0.29) is 11.2 Å². The minimum atomic E-state index is -4.64. The largest absolute Gasteiger partial charge is 0.493 e. The molecule has 194 valence electrons. The predicted octanol–water partition coefficient (Wildman–Crippen LogP) is 3.88. The fourth-order valence-electron chi connectivity index (χ4n) is 5.00. The molecular formula is C23H30F3N3O5S. The van der Waals surface area contributed by atoms with Gasteiger partial charge >= 0.3 is 12.1 Å². The van der Waals surface area contributed by atoms with E-state index in [0.29, 0.717) is 31.1 Å². The number of hydrogen-bond acceptors (Lipinski definition) is 6. The topological polar surface area (TPSA) is 99.5 Å². The predicted molar refractivity (Wildman–Crippen MR) is 124 cm³/mol. The minimum absolute atomic E-state index is 0.0753. The molecule has 1 aromatic rings. The van der Waals surface area contributed by atoms with Crippen molar-refractivity contribution in [2.24, 2.45) is 16.9 Å². The van der Waals surface area contributed by atoms with Crippen molar-refractivity contribution in [1.29, 1.82) is 0 Å². The summed E-state index contributed by atoms with van der Waals surface area (Å²) in [5, 5.41) is 13.7. The highest BCUT2D eigenvalue weighted by molar-refractivity contribution is 7.89. The van der Waals surface area contributed by atoms with E-state index >= 15 is 0 Å². The maximum Gasteiger partial charge on any atom is 0.431 e. The lowest BCUT2D eigenvalue weighted by molar-refractivity contribution is -0.137. The fraction of sp³-hybridized carbons (Fsp3) is 0.652. The molecule has 0 aromatic heterocycles. The van der Waals surface area contributed by atoms with Crippen molar-refractivity contribution in [3.05, 3.63) is 24.3 Å². The lowest BCUT2D eigenvalue weighted by atomic mass is 9.94. The lowest BCUT2D eigenvalue weighted by Gasteiger charge is -2.40. The van der Waals surface area contributed by atoms with Crippen LogP contribution >= 0.6 is 0 Å². The summed E-state index contributed by atoms with van der Waals surface area (Å²) in [5.41, 5.74) is -0.662. The van der Waals surface area contributed by atoms with Gasteiger partial charge in [-0.05, 0) is 37.1 Å². The van der Waals surface area contributed by atoms with Gasteiger partial charge in [-0.2, -0.15) is 18.3 Å². The summed E-state index contributed by atoms with van der Waals surface area (Å²) < 4.78 is 72.7. The van der Waals surface area contributed by atoms with Gasteiger partial charge in [-0.1, -0.05) is 26.2 Å². The third-order valence-corrected chi connectivity index (χ3v) is 9.39. The molecule has 0 amide bonds. The lowest BCUT2D eigenvalue weighted by Crippen LogP contribution is -2.54. The first-order valence-corrected chi connectivity index (χ1v) is 13.4. The molecule has 3 aliphatic rings. The SMILES string of the molecule is C[C@@H]1C(C(F)(F)F)=NN(c2ccc(OCC3CN(S(=O)(=O)C4CCCCC4)C3)cc2)[C@H]1CC(=O)O. The Morgan fingerprint density at radius 1 is 1.14 bits per heavy atom. The number of sulfonamides is 1. The highest BCUT2D eigenvalue weighted by atomic mass is 32.2. The molecular weight excluding hydrogens is 487 g/mol. The van der Waals surface area contributed by atoms with Crippen LogP contribution in [0.2, 0.25) is 0 Å². The summed E-state index contributed by atoms with van der Waals surface area (Å²) in [6, 6.07) is 5.31. The Hall–Kier alpha value is -2.34. The molecule has 2 fully saturated rings. The molecule has 2 heterocycles. The summed E-state index contributed by atoms with van der Waals surface area (Å²) in [7, 11) is -3.25. The second-order valence-electron chi connectivity index (χ2n) is 9.57. The first-order chi connectivity index (χ1) is 16.5. The Morgan fingerprint density at radius 3 is 2.34 bits per heavy atom. The molecule has 1 aromatic carbocycles. The Bertz CT molecular complexity index is 1050. The Kier molecular flexibility index (Phi) is 7.33. The standard InChI is InChI=1S/C23H30F3N3O5S/c1-15-20(11-21(30)31)29(27-22(15)23(24,25)26)17-7-9-18(10-8-17)34-14-16-12-28(13-16)35(32,33)19-5-3-2-4-6-19/h7-10,15-16,19-20H,2-6,11-14H2,1H3,(H,30,31)/t15-,20-/m0/s1. The van der Waals surface area contributed by atoms with Crippen molar-refractivity contribution in [2.45, 2.75) is 62.9 Å². The number of hydrogen-bond donors (Lipinski definition) is 1. The van der Waals surface area contributed by atoms with Crippen molar-refractivity contribution in [1.82, 2.24) is 4.31 Å². The molecule has 2 aliphatic heterocycles. The van der Waals surface area contributed by atoms with Crippen molar-refractivity contribution in [2.75, 3.05) is 24.7 Å². The van der Waals surface area contributed by atoms with Crippen LogP contribution in [0.3, 0.4) is 0 Å². The molecule has 0 unspecified atom stereocenters. The molecule has 1 saturated heterocycles. The number of hydrazone groups is 1. The van der Waals surface area contributed by atoms with Crippen molar-refractivity contribution >= 4 is 27.4 Å². The summed E-state index contributed by atoms with van der Waals surface area (Å²) in [5.74, 6) is -1.73. The zero-order chi connectivity index (χ0) is 25.4. The van der Waals surface area contributed by atoms with E-state index in [1.807, 2.05) is 0 Å². The number of carboxylic acid groups (broad SMARTS) is 1. The molecule has 4 rings (SSSR count). The molecule has 12 heteroatoms. The fourth-order valence-corrected chi connectivity index (χ4v) is 7.19. The number of rotatable bonds is 8. The van der Waals surface area contributed by atoms with E-state index in [4.69, 9.17) is 9.84 Å². The van der Waals surface area contributed by atoms with Crippen molar-refractivity contribution in [3.8, 4) is 5.75 Å². The van der Waals surface area contributed by atoms with Crippen molar-refractivity contribution < 1.29 is 36.2 Å². The zero-order valence-electron chi connectivity index (χ0n) is 19.4. The van der Waals surface area contributed by atoms with E-state index < -0.39 is 46.3 Å². The number of alkyl halides is 3. The molecule has 8 nitrogen and oxygen atoms in total. The van der Waals surface area contributed by atoms with Gasteiger partial charge in [0.2, 0.25) is 10.0 Å². The Balaban J connectivity index is 1.33. The van der Waals surface area contributed by atoms with Crippen LogP contribution in [0.1, 0.15) is 45.4 Å². The number of anilines is 1. The van der Waals surface area contributed by atoms with Crippen LogP contribution in [0.15, 0.2) is 29.4 Å². The third-order valence-electron chi connectivity index (χ3n) is 7.06. The average molecular weight is 518 g/mol. The molecule has 0 radical (unpaired) electrons. The Labute approximate surface area is 202 Å². The van der Waals surface area contributed by atoms with Gasteiger partial charge in [0.15, 0.2) is 0 Å². The van der Waals surface area contributed by atoms with Gasteiger partial charge in [0, 0.05) is 24.9 Å². The summed E-state index contributed by atoms with van der Waals surface area (Å²) in [4.78, 5) is 11.2. The second-order valence-corrected chi connectivity index (χ2v) is 11.8. The van der Waals surface area contributed by atoms with E-state index in [0.717, 1.165) is 37.1 Å². The van der Waals surface area contributed by atoms with Gasteiger partial charge in [-0.25, -0.2) is 12.7 Å². The molecule has 1 saturated carbocycles. The van der Waals surface area contributed by atoms with Crippen LogP contribution in [0.25, 0.3) is 0 Å². The van der Waals surface area contributed by atoms with E-state index in [1.165, 1.54) is 11.2 Å². The van der Waals surface area contributed by atoms with Gasteiger partial charge < -0.3 is 9.84 Å².